The Morgan fingerprint density at radius 3 is 2.58 bits per heavy atom. The number of rotatable bonds is 4. The molecule has 1 aliphatic rings. The van der Waals surface area contributed by atoms with Crippen LogP contribution in [0.15, 0.2) is 39.9 Å². The fraction of sp³-hybridized carbons (Fsp3) is 0.350. The van der Waals surface area contributed by atoms with Crippen molar-refractivity contribution in [2.75, 3.05) is 13.7 Å². The fourth-order valence-corrected chi connectivity index (χ4v) is 3.71. The molecule has 2 N–H and O–H groups in total. The molecule has 31 heavy (non-hydrogen) atoms. The molecule has 1 fully saturated rings. The summed E-state index contributed by atoms with van der Waals surface area (Å²) in [6.07, 6.45) is -0.910. The lowest BCUT2D eigenvalue weighted by Gasteiger charge is -2.38. The number of amides is 2. The Morgan fingerprint density at radius 1 is 1.16 bits per heavy atom. The summed E-state index contributed by atoms with van der Waals surface area (Å²) in [5.74, 6) is -0.319. The number of nitrogens with one attached hydrogen (secondary N) is 2. The molecule has 3 heterocycles. The first-order valence-corrected chi connectivity index (χ1v) is 9.64. The van der Waals surface area contributed by atoms with E-state index >= 15 is 0 Å². The Morgan fingerprint density at radius 2 is 1.87 bits per heavy atom. The average Bonchev–Trinajstić information content (AvgIpc) is 3.21. The van der Waals surface area contributed by atoms with E-state index < -0.39 is 29.3 Å². The van der Waals surface area contributed by atoms with Crippen molar-refractivity contribution in [3.63, 3.8) is 0 Å². The monoisotopic (exact) mass is 426 g/mol. The first-order valence-electron chi connectivity index (χ1n) is 9.64. The molecule has 0 bridgehead atoms. The van der Waals surface area contributed by atoms with Gasteiger partial charge in [-0.1, -0.05) is 30.3 Å². The molecule has 2 amide bonds. The number of aromatic amines is 1. The van der Waals surface area contributed by atoms with Crippen molar-refractivity contribution in [3.05, 3.63) is 62.6 Å². The maximum atomic E-state index is 12.9. The lowest BCUT2D eigenvalue weighted by molar-refractivity contribution is -0.162. The molecule has 2 unspecified atom stereocenters. The maximum absolute atomic E-state index is 12.9. The van der Waals surface area contributed by atoms with Crippen molar-refractivity contribution < 1.29 is 14.3 Å². The van der Waals surface area contributed by atoms with Gasteiger partial charge in [0.05, 0.1) is 12.6 Å². The molecule has 4 rings (SSSR count). The lowest BCUT2D eigenvalue weighted by Crippen LogP contribution is -2.52. The van der Waals surface area contributed by atoms with Gasteiger partial charge < -0.3 is 19.9 Å². The van der Waals surface area contributed by atoms with Gasteiger partial charge in [0, 0.05) is 21.1 Å². The molecule has 1 aromatic carbocycles. The second kappa shape index (κ2) is 7.84. The molecule has 3 aromatic rings. The third-order valence-electron chi connectivity index (χ3n) is 5.46. The zero-order chi connectivity index (χ0) is 22.3. The van der Waals surface area contributed by atoms with Crippen LogP contribution in [0.1, 0.15) is 17.4 Å². The van der Waals surface area contributed by atoms with Gasteiger partial charge in [0.15, 0.2) is 11.8 Å². The zero-order valence-electron chi connectivity index (χ0n) is 17.3. The van der Waals surface area contributed by atoms with E-state index in [1.165, 1.54) is 23.6 Å². The molecule has 1 saturated heterocycles. The highest BCUT2D eigenvalue weighted by Gasteiger charge is 2.39. The van der Waals surface area contributed by atoms with Crippen LogP contribution in [0.4, 0.5) is 0 Å². The van der Waals surface area contributed by atoms with E-state index in [-0.39, 0.29) is 30.2 Å². The number of H-pyrrole nitrogens is 1. The Hall–Kier alpha value is -3.73. The van der Waals surface area contributed by atoms with E-state index in [4.69, 9.17) is 4.74 Å². The lowest BCUT2D eigenvalue weighted by atomic mass is 9.97. The van der Waals surface area contributed by atoms with Crippen LogP contribution in [0.5, 0.6) is 0 Å². The second-order valence-electron chi connectivity index (χ2n) is 7.40. The topological polar surface area (TPSA) is 131 Å². The van der Waals surface area contributed by atoms with Crippen LogP contribution >= 0.6 is 0 Å². The standard InChI is InChI=1S/C20H22N6O5/c1-24-13(27)10-31-16(15(24)11-7-5-4-6-8-11)18(28)21-9-12-22-14-17(23-12)25(2)20(30)26(3)19(14)29/h4-8,15-16H,9-10H2,1-3H3,(H,21,28)(H,22,23). The van der Waals surface area contributed by atoms with E-state index in [1.807, 2.05) is 30.3 Å². The van der Waals surface area contributed by atoms with Crippen LogP contribution in [0.2, 0.25) is 0 Å². The number of hydrogen-bond acceptors (Lipinski definition) is 6. The highest BCUT2D eigenvalue weighted by atomic mass is 16.5. The number of benzene rings is 1. The van der Waals surface area contributed by atoms with Crippen LogP contribution in [-0.2, 0) is 35.0 Å². The van der Waals surface area contributed by atoms with Crippen molar-refractivity contribution in [1.82, 2.24) is 29.3 Å². The first kappa shape index (κ1) is 20.5. The minimum Gasteiger partial charge on any atom is -0.356 e. The van der Waals surface area contributed by atoms with Crippen molar-refractivity contribution >= 4 is 23.0 Å². The number of morpholine rings is 1. The fourth-order valence-electron chi connectivity index (χ4n) is 3.71. The zero-order valence-corrected chi connectivity index (χ0v) is 17.3. The molecule has 162 valence electrons. The molecule has 0 spiro atoms. The van der Waals surface area contributed by atoms with Gasteiger partial charge in [-0.2, -0.15) is 0 Å². The average molecular weight is 426 g/mol. The van der Waals surface area contributed by atoms with Crippen LogP contribution in [0.3, 0.4) is 0 Å². The van der Waals surface area contributed by atoms with Crippen molar-refractivity contribution in [3.8, 4) is 0 Å². The Balaban J connectivity index is 1.57. The maximum Gasteiger partial charge on any atom is 0.332 e. The van der Waals surface area contributed by atoms with Gasteiger partial charge in [0.1, 0.15) is 17.9 Å². The van der Waals surface area contributed by atoms with Gasteiger partial charge in [-0.15, -0.1) is 0 Å². The summed E-state index contributed by atoms with van der Waals surface area (Å²) >= 11 is 0. The number of aryl methyl sites for hydroxylation is 1. The molecule has 0 saturated carbocycles. The van der Waals surface area contributed by atoms with Crippen LogP contribution < -0.4 is 16.6 Å². The highest BCUT2D eigenvalue weighted by molar-refractivity contribution is 5.86. The SMILES string of the molecule is CN1C(=O)COC(C(=O)NCc2nc3c([nH]2)c(=O)n(C)c(=O)n3C)C1c1ccccc1. The summed E-state index contributed by atoms with van der Waals surface area (Å²) in [7, 11) is 4.53. The third-order valence-corrected chi connectivity index (χ3v) is 5.46. The van der Waals surface area contributed by atoms with Gasteiger partial charge in [-0.25, -0.2) is 9.78 Å². The van der Waals surface area contributed by atoms with Gasteiger partial charge >= 0.3 is 5.69 Å². The van der Waals surface area contributed by atoms with E-state index in [0.717, 1.165) is 10.1 Å². The molecule has 1 aliphatic heterocycles. The highest BCUT2D eigenvalue weighted by Crippen LogP contribution is 2.29. The summed E-state index contributed by atoms with van der Waals surface area (Å²) in [5, 5.41) is 2.74. The molecule has 11 heteroatoms. The number of carbonyl (C=O) groups is 2. The van der Waals surface area contributed by atoms with Gasteiger partial charge in [0.25, 0.3) is 11.5 Å². The molecule has 2 atom stereocenters. The van der Waals surface area contributed by atoms with Gasteiger partial charge in [-0.05, 0) is 5.56 Å². The summed E-state index contributed by atoms with van der Waals surface area (Å²) in [5.41, 5.74) is 0.172. The van der Waals surface area contributed by atoms with Crippen molar-refractivity contribution in [2.45, 2.75) is 18.7 Å². The Kier molecular flexibility index (Phi) is 5.19. The first-order chi connectivity index (χ1) is 14.8. The molecule has 11 nitrogen and oxygen atoms in total. The number of aromatic nitrogens is 4. The van der Waals surface area contributed by atoms with Gasteiger partial charge in [0.2, 0.25) is 5.91 Å². The normalized spacial score (nSPS) is 19.1. The van der Waals surface area contributed by atoms with E-state index in [2.05, 4.69) is 15.3 Å². The smallest absolute Gasteiger partial charge is 0.332 e. The third kappa shape index (κ3) is 3.52. The number of nitrogens with zero attached hydrogens (tertiary/aromatic N) is 4. The number of imidazole rings is 1. The predicted molar refractivity (Wildman–Crippen MR) is 110 cm³/mol. The summed E-state index contributed by atoms with van der Waals surface area (Å²) < 4.78 is 7.81. The minimum absolute atomic E-state index is 0.0100. The summed E-state index contributed by atoms with van der Waals surface area (Å²) in [6, 6.07) is 8.60. The van der Waals surface area contributed by atoms with Gasteiger partial charge in [-0.3, -0.25) is 23.5 Å². The Labute approximate surface area is 176 Å². The largest absolute Gasteiger partial charge is 0.356 e. The minimum atomic E-state index is -0.910. The molecular formula is C20H22N6O5. The Bertz CT molecular complexity index is 1270. The van der Waals surface area contributed by atoms with Crippen molar-refractivity contribution in [2.24, 2.45) is 14.1 Å². The molecular weight excluding hydrogens is 404 g/mol. The van der Waals surface area contributed by atoms with E-state index in [9.17, 15) is 19.2 Å². The molecule has 2 aromatic heterocycles. The number of hydrogen-bond donors (Lipinski definition) is 2. The number of ether oxygens (including phenoxy) is 1. The summed E-state index contributed by atoms with van der Waals surface area (Å²) in [4.78, 5) is 58.1. The quantitative estimate of drug-likeness (QED) is 0.560. The van der Waals surface area contributed by atoms with Crippen molar-refractivity contribution in [1.29, 1.82) is 0 Å². The number of carbonyl (C=O) groups excluding carboxylic acids is 2. The second-order valence-corrected chi connectivity index (χ2v) is 7.40. The van der Waals surface area contributed by atoms with E-state index in [0.29, 0.717) is 5.82 Å². The predicted octanol–water partition coefficient (Wildman–Crippen LogP) is -0.825. The van der Waals surface area contributed by atoms with Crippen LogP contribution in [-0.4, -0.2) is 55.6 Å². The van der Waals surface area contributed by atoms with E-state index in [1.54, 1.807) is 7.05 Å². The number of fused-ring (bicyclic) bond motifs is 1. The summed E-state index contributed by atoms with van der Waals surface area (Å²) in [6.45, 7) is -0.204. The molecule has 0 aliphatic carbocycles. The van der Waals surface area contributed by atoms with Crippen LogP contribution in [0, 0.1) is 0 Å². The van der Waals surface area contributed by atoms with Crippen LogP contribution in [0.25, 0.3) is 11.2 Å². The number of likely N-dealkylation sites (N-methyl/N-ethyl adjacent to an activating group) is 1. The molecule has 0 radical (unpaired) electrons.